The van der Waals surface area contributed by atoms with Gasteiger partial charge in [0.25, 0.3) is 0 Å². The number of carboxylic acid groups (broad SMARTS) is 1. The molecule has 0 aromatic rings. The Bertz CT molecular complexity index is 481. The molecule has 0 atom stereocenters. The topological polar surface area (TPSA) is 66.4 Å². The zero-order valence-corrected chi connectivity index (χ0v) is 9.65. The third-order valence-corrected chi connectivity index (χ3v) is 2.20. The molecule has 0 aliphatic rings. The van der Waals surface area contributed by atoms with Crippen LogP contribution in [0.5, 0.6) is 0 Å². The number of carboxylic acids is 1. The average Bonchev–Trinajstić information content (AvgIpc) is 2.11. The van der Waals surface area contributed by atoms with E-state index in [0.717, 1.165) is 0 Å². The van der Waals surface area contributed by atoms with Gasteiger partial charge in [-0.1, -0.05) is 19.4 Å². The normalized spacial score (nSPS) is 17.7. The molecule has 0 rings (SSSR count). The van der Waals surface area contributed by atoms with Gasteiger partial charge in [-0.05, 0) is 0 Å². The van der Waals surface area contributed by atoms with Gasteiger partial charge in [0.2, 0.25) is 0 Å². The van der Waals surface area contributed by atoms with Crippen molar-refractivity contribution >= 4 is 22.3 Å². The molecule has 128 valence electrons. The number of nitrogens with one attached hydrogen (secondary N) is 1. The number of amides is 1. The molecule has 0 unspecified atom stereocenters. The predicted molar refractivity (Wildman–Crippen MR) is 43.8 cm³/mol. The SMILES string of the molecule is O=C(O)C(F)(F)C(F)(F)C(F)(F)C(=O)NS(F)(F)(F)(F)F. The number of hydrogen-bond acceptors (Lipinski definition) is 2. The van der Waals surface area contributed by atoms with E-state index in [1.165, 1.54) is 0 Å². The highest BCUT2D eigenvalue weighted by Crippen LogP contribution is 2.94. The predicted octanol–water partition coefficient (Wildman–Crippen LogP) is 3.31. The molecule has 0 bridgehead atoms. The van der Waals surface area contributed by atoms with Gasteiger partial charge < -0.3 is 5.11 Å². The molecular weight excluding hydrogens is 363 g/mol. The first-order chi connectivity index (χ1) is 8.55. The second-order valence-corrected chi connectivity index (χ2v) is 5.57. The van der Waals surface area contributed by atoms with Gasteiger partial charge in [-0.2, -0.15) is 26.3 Å². The van der Waals surface area contributed by atoms with Crippen molar-refractivity contribution in [2.24, 2.45) is 0 Å². The van der Waals surface area contributed by atoms with Gasteiger partial charge in [-0.25, -0.2) is 9.52 Å². The Labute approximate surface area is 106 Å². The van der Waals surface area contributed by atoms with Gasteiger partial charge in [-0.15, -0.1) is 0 Å². The van der Waals surface area contributed by atoms with Crippen molar-refractivity contribution < 1.29 is 60.5 Å². The van der Waals surface area contributed by atoms with Gasteiger partial charge in [0.05, 0.1) is 0 Å². The van der Waals surface area contributed by atoms with Crippen LogP contribution in [0.25, 0.3) is 0 Å². The smallest absolute Gasteiger partial charge is 0.411 e. The number of hydrogen-bond donors (Lipinski definition) is 2. The van der Waals surface area contributed by atoms with E-state index in [1.807, 2.05) is 0 Å². The highest BCUT2D eigenvalue weighted by atomic mass is 32.5. The summed E-state index contributed by atoms with van der Waals surface area (Å²) in [5.41, 5.74) is 0. The molecule has 0 saturated carbocycles. The molecule has 0 aromatic carbocycles. The number of carbonyl (C=O) groups is 2. The molecule has 0 aliphatic carbocycles. The first-order valence-corrected chi connectivity index (χ1v) is 5.94. The maximum atomic E-state index is 12.6. The summed E-state index contributed by atoms with van der Waals surface area (Å²) in [7, 11) is -11.2. The van der Waals surface area contributed by atoms with Crippen LogP contribution in [-0.2, 0) is 9.59 Å². The monoisotopic (exact) mass is 365 g/mol. The Morgan fingerprint density at radius 3 is 1.38 bits per heavy atom. The van der Waals surface area contributed by atoms with Crippen LogP contribution in [0.1, 0.15) is 0 Å². The molecule has 0 fully saturated rings. The highest BCUT2D eigenvalue weighted by Gasteiger charge is 2.80. The van der Waals surface area contributed by atoms with Crippen LogP contribution < -0.4 is 4.72 Å². The van der Waals surface area contributed by atoms with Gasteiger partial charge >= 0.3 is 40.1 Å². The van der Waals surface area contributed by atoms with E-state index in [4.69, 9.17) is 5.11 Å². The molecular formula is C5H2F11NO3S. The van der Waals surface area contributed by atoms with Gasteiger partial charge in [-0.3, -0.25) is 4.79 Å². The Morgan fingerprint density at radius 2 is 1.14 bits per heavy atom. The van der Waals surface area contributed by atoms with Crippen LogP contribution >= 0.6 is 10.4 Å². The van der Waals surface area contributed by atoms with Crippen LogP contribution in [0.3, 0.4) is 0 Å². The average molecular weight is 365 g/mol. The Morgan fingerprint density at radius 1 is 0.810 bits per heavy atom. The van der Waals surface area contributed by atoms with Crippen LogP contribution in [-0.4, -0.2) is 34.8 Å². The molecule has 0 radical (unpaired) electrons. The fourth-order valence-electron chi connectivity index (χ4n) is 0.713. The second kappa shape index (κ2) is 3.83. The number of carbonyl (C=O) groups excluding carboxylic acids is 1. The standard InChI is InChI=1S/C5H2F11NO3S/c6-3(7,1(18)17-21(12,13,14,15)16)5(10,11)4(8,9)2(19)20/h(H,17,18)(H,19,20). The molecule has 0 aliphatic heterocycles. The molecule has 1 amide bonds. The van der Waals surface area contributed by atoms with E-state index in [2.05, 4.69) is 0 Å². The molecule has 0 spiro atoms. The largest absolute Gasteiger partial charge is 0.477 e. The lowest BCUT2D eigenvalue weighted by molar-refractivity contribution is -0.292. The molecule has 0 saturated heterocycles. The fourth-order valence-corrected chi connectivity index (χ4v) is 1.19. The summed E-state index contributed by atoms with van der Waals surface area (Å²) < 4.78 is 131. The summed E-state index contributed by atoms with van der Waals surface area (Å²) in [6.07, 6.45) is 0. The minimum Gasteiger partial charge on any atom is -0.477 e. The van der Waals surface area contributed by atoms with E-state index in [1.54, 1.807) is 0 Å². The number of alkyl halides is 6. The highest BCUT2D eigenvalue weighted by molar-refractivity contribution is 8.44. The lowest BCUT2D eigenvalue weighted by Gasteiger charge is -2.41. The fraction of sp³-hybridized carbons (Fsp3) is 0.600. The lowest BCUT2D eigenvalue weighted by Crippen LogP contribution is -2.63. The first kappa shape index (κ1) is 19.5. The van der Waals surface area contributed by atoms with E-state index >= 15 is 0 Å². The minimum atomic E-state index is -11.2. The molecule has 4 nitrogen and oxygen atoms in total. The third kappa shape index (κ3) is 4.01. The molecule has 0 heterocycles. The van der Waals surface area contributed by atoms with E-state index in [9.17, 15) is 55.4 Å². The maximum absolute atomic E-state index is 12.6. The summed E-state index contributed by atoms with van der Waals surface area (Å²) in [5.74, 6) is -29.5. The summed E-state index contributed by atoms with van der Waals surface area (Å²) in [6.45, 7) is 0. The van der Waals surface area contributed by atoms with Crippen LogP contribution in [0.15, 0.2) is 0 Å². The third-order valence-electron chi connectivity index (χ3n) is 1.63. The van der Waals surface area contributed by atoms with Crippen molar-refractivity contribution in [2.45, 2.75) is 17.8 Å². The summed E-state index contributed by atoms with van der Waals surface area (Å²) in [6, 6.07) is 0. The van der Waals surface area contributed by atoms with Crippen molar-refractivity contribution in [3.8, 4) is 0 Å². The number of halogens is 11. The van der Waals surface area contributed by atoms with Crippen molar-refractivity contribution in [2.75, 3.05) is 0 Å². The van der Waals surface area contributed by atoms with Gasteiger partial charge in [0, 0.05) is 0 Å². The second-order valence-electron chi connectivity index (χ2n) is 3.43. The Balaban J connectivity index is 5.81. The zero-order chi connectivity index (χ0) is 17.8. The van der Waals surface area contributed by atoms with Crippen molar-refractivity contribution in [3.63, 3.8) is 0 Å². The maximum Gasteiger partial charge on any atom is 0.411 e. The van der Waals surface area contributed by atoms with Crippen LogP contribution in [0, 0.1) is 0 Å². The van der Waals surface area contributed by atoms with E-state index in [-0.39, 0.29) is 0 Å². The van der Waals surface area contributed by atoms with Crippen LogP contribution in [0.2, 0.25) is 0 Å². The Hall–Kier alpha value is -1.48. The Kier molecular flexibility index (Phi) is 3.56. The molecule has 21 heavy (non-hydrogen) atoms. The van der Waals surface area contributed by atoms with E-state index < -0.39 is 44.8 Å². The van der Waals surface area contributed by atoms with Gasteiger partial charge in [0.15, 0.2) is 0 Å². The number of rotatable bonds is 5. The number of aliphatic carboxylic acids is 1. The quantitative estimate of drug-likeness (QED) is 0.735. The molecule has 2 N–H and O–H groups in total. The molecule has 0 aromatic heterocycles. The van der Waals surface area contributed by atoms with E-state index in [0.29, 0.717) is 0 Å². The molecule has 16 heteroatoms. The zero-order valence-electron chi connectivity index (χ0n) is 8.83. The van der Waals surface area contributed by atoms with Crippen LogP contribution in [0.4, 0.5) is 45.8 Å². The van der Waals surface area contributed by atoms with Crippen molar-refractivity contribution in [1.82, 2.24) is 4.72 Å². The summed E-state index contributed by atoms with van der Waals surface area (Å²) in [4.78, 5) is 19.9. The van der Waals surface area contributed by atoms with Crippen molar-refractivity contribution in [3.05, 3.63) is 0 Å². The summed E-state index contributed by atoms with van der Waals surface area (Å²) in [5, 5.41) is 7.60. The van der Waals surface area contributed by atoms with Crippen molar-refractivity contribution in [1.29, 1.82) is 0 Å². The first-order valence-electron chi connectivity index (χ1n) is 3.99. The summed E-state index contributed by atoms with van der Waals surface area (Å²) >= 11 is 0. The van der Waals surface area contributed by atoms with Gasteiger partial charge in [0.1, 0.15) is 0 Å². The minimum absolute atomic E-state index is 1.68. The lowest BCUT2D eigenvalue weighted by atomic mass is 10.0.